The number of nitrogens with one attached hydrogen (secondary N) is 2. The van der Waals surface area contributed by atoms with Gasteiger partial charge in [0.2, 0.25) is 5.91 Å². The van der Waals surface area contributed by atoms with Crippen LogP contribution in [0, 0.1) is 17.5 Å². The average molecular weight is 419 g/mol. The second-order valence-electron chi connectivity index (χ2n) is 7.16. The summed E-state index contributed by atoms with van der Waals surface area (Å²) in [6.07, 6.45) is 1.85. The minimum atomic E-state index is -1.73. The molecule has 2 aromatic rings. The van der Waals surface area contributed by atoms with E-state index < -0.39 is 53.1 Å². The zero-order chi connectivity index (χ0) is 22.1. The smallest absolute Gasteiger partial charge is 0.322 e. The fourth-order valence-electron chi connectivity index (χ4n) is 3.29. The normalized spacial score (nSPS) is 18.5. The van der Waals surface area contributed by atoms with Crippen molar-refractivity contribution in [2.24, 2.45) is 0 Å². The fraction of sp³-hybridized carbons (Fsp3) is 0.286. The maximum Gasteiger partial charge on any atom is 0.325 e. The van der Waals surface area contributed by atoms with Gasteiger partial charge in [0.05, 0.1) is 5.69 Å². The molecule has 0 aromatic heterocycles. The number of carbonyl (C=O) groups is 3. The van der Waals surface area contributed by atoms with Crippen LogP contribution in [0.25, 0.3) is 0 Å². The van der Waals surface area contributed by atoms with Gasteiger partial charge in [-0.15, -0.1) is 0 Å². The number of aryl methyl sites for hydroxylation is 1. The van der Waals surface area contributed by atoms with Gasteiger partial charge in [-0.2, -0.15) is 0 Å². The molecule has 4 amide bonds. The monoisotopic (exact) mass is 419 g/mol. The van der Waals surface area contributed by atoms with E-state index in [9.17, 15) is 27.6 Å². The minimum absolute atomic E-state index is 0.551. The summed E-state index contributed by atoms with van der Waals surface area (Å²) in [7, 11) is 0. The third kappa shape index (κ3) is 3.87. The van der Waals surface area contributed by atoms with E-state index in [1.165, 1.54) is 6.92 Å². The molecular weight excluding hydrogens is 399 g/mol. The zero-order valence-electron chi connectivity index (χ0n) is 16.4. The fourth-order valence-corrected chi connectivity index (χ4v) is 3.29. The summed E-state index contributed by atoms with van der Waals surface area (Å²) in [5.41, 5.74) is -0.322. The van der Waals surface area contributed by atoms with Crippen molar-refractivity contribution in [1.82, 2.24) is 10.2 Å². The number of hydrogen-bond acceptors (Lipinski definition) is 3. The molecule has 1 aliphatic rings. The Balaban J connectivity index is 1.74. The van der Waals surface area contributed by atoms with Gasteiger partial charge in [-0.1, -0.05) is 37.6 Å². The molecule has 0 aliphatic carbocycles. The molecule has 9 heteroatoms. The number of imide groups is 1. The lowest BCUT2D eigenvalue weighted by Gasteiger charge is -2.22. The predicted molar refractivity (Wildman–Crippen MR) is 103 cm³/mol. The van der Waals surface area contributed by atoms with Crippen LogP contribution in [0.15, 0.2) is 36.4 Å². The van der Waals surface area contributed by atoms with Crippen LogP contribution in [0.3, 0.4) is 0 Å². The number of anilines is 1. The first-order valence-electron chi connectivity index (χ1n) is 9.34. The number of rotatable bonds is 6. The Morgan fingerprint density at radius 2 is 1.73 bits per heavy atom. The largest absolute Gasteiger partial charge is 0.325 e. The van der Waals surface area contributed by atoms with Crippen LogP contribution in [0.1, 0.15) is 31.4 Å². The van der Waals surface area contributed by atoms with E-state index in [-0.39, 0.29) is 0 Å². The second kappa shape index (κ2) is 8.17. The lowest BCUT2D eigenvalue weighted by atomic mass is 9.91. The number of urea groups is 1. The summed E-state index contributed by atoms with van der Waals surface area (Å²) in [5.74, 6) is -6.30. The van der Waals surface area contributed by atoms with Gasteiger partial charge in [0, 0.05) is 0 Å². The molecule has 1 aliphatic heterocycles. The topological polar surface area (TPSA) is 78.5 Å². The number of hydrogen-bond donors (Lipinski definition) is 2. The van der Waals surface area contributed by atoms with Gasteiger partial charge in [0.15, 0.2) is 17.5 Å². The van der Waals surface area contributed by atoms with Crippen LogP contribution in [0.5, 0.6) is 0 Å². The molecule has 0 saturated carbocycles. The number of nitrogens with zero attached hydrogens (tertiary/aromatic N) is 1. The molecule has 2 N–H and O–H groups in total. The molecule has 1 heterocycles. The van der Waals surface area contributed by atoms with E-state index >= 15 is 0 Å². The maximum absolute atomic E-state index is 13.7. The van der Waals surface area contributed by atoms with Crippen molar-refractivity contribution in [2.75, 3.05) is 11.9 Å². The zero-order valence-corrected chi connectivity index (χ0v) is 16.4. The summed E-state index contributed by atoms with van der Waals surface area (Å²) in [5, 5.41) is 4.61. The van der Waals surface area contributed by atoms with E-state index in [4.69, 9.17) is 0 Å². The standard InChI is InChI=1S/C21H20F3N3O3/c1-3-4-12-5-7-13(8-6-12)21(2)19(29)27(20(30)26-21)11-16(28)25-15-10-9-14(22)17(23)18(15)24/h5-10H,3-4,11H2,1-2H3,(H,25,28)(H,26,30)/t21-/m1/s1. The van der Waals surface area contributed by atoms with E-state index in [0.29, 0.717) is 16.5 Å². The maximum atomic E-state index is 13.7. The molecule has 1 atom stereocenters. The van der Waals surface area contributed by atoms with Crippen LogP contribution in [-0.2, 0) is 21.5 Å². The van der Waals surface area contributed by atoms with Crippen molar-refractivity contribution in [3.63, 3.8) is 0 Å². The number of amides is 4. The molecule has 3 rings (SSSR count). The third-order valence-corrected chi connectivity index (χ3v) is 4.96. The summed E-state index contributed by atoms with van der Waals surface area (Å²) in [6.45, 7) is 2.85. The highest BCUT2D eigenvalue weighted by atomic mass is 19.2. The quantitative estimate of drug-likeness (QED) is 0.556. The van der Waals surface area contributed by atoms with Gasteiger partial charge in [-0.25, -0.2) is 18.0 Å². The predicted octanol–water partition coefficient (Wildman–Crippen LogP) is 3.46. The highest BCUT2D eigenvalue weighted by Crippen LogP contribution is 2.29. The van der Waals surface area contributed by atoms with Gasteiger partial charge in [-0.3, -0.25) is 14.5 Å². The summed E-state index contributed by atoms with van der Waals surface area (Å²) >= 11 is 0. The van der Waals surface area contributed by atoms with Gasteiger partial charge in [0.25, 0.3) is 5.91 Å². The van der Waals surface area contributed by atoms with Crippen LogP contribution in [0.2, 0.25) is 0 Å². The molecule has 0 unspecified atom stereocenters. The van der Waals surface area contributed by atoms with Crippen LogP contribution in [-0.4, -0.2) is 29.3 Å². The summed E-state index contributed by atoms with van der Waals surface area (Å²) in [6, 6.07) is 7.92. The average Bonchev–Trinajstić information content (AvgIpc) is 2.93. The van der Waals surface area contributed by atoms with Gasteiger partial charge in [-0.05, 0) is 36.6 Å². The second-order valence-corrected chi connectivity index (χ2v) is 7.16. The van der Waals surface area contributed by atoms with Crippen molar-refractivity contribution < 1.29 is 27.6 Å². The molecule has 0 spiro atoms. The molecule has 30 heavy (non-hydrogen) atoms. The van der Waals surface area contributed by atoms with E-state index in [2.05, 4.69) is 5.32 Å². The highest BCUT2D eigenvalue weighted by Gasteiger charge is 2.49. The van der Waals surface area contributed by atoms with E-state index in [1.807, 2.05) is 24.4 Å². The highest BCUT2D eigenvalue weighted by molar-refractivity contribution is 6.10. The minimum Gasteiger partial charge on any atom is -0.322 e. The van der Waals surface area contributed by atoms with Gasteiger partial charge >= 0.3 is 6.03 Å². The van der Waals surface area contributed by atoms with E-state index in [1.54, 1.807) is 12.1 Å². The lowest BCUT2D eigenvalue weighted by molar-refractivity contribution is -0.133. The van der Waals surface area contributed by atoms with Gasteiger partial charge < -0.3 is 10.6 Å². The molecule has 0 bridgehead atoms. The van der Waals surface area contributed by atoms with E-state index in [0.717, 1.165) is 24.5 Å². The summed E-state index contributed by atoms with van der Waals surface area (Å²) < 4.78 is 40.0. The first kappa shape index (κ1) is 21.4. The van der Waals surface area contributed by atoms with Gasteiger partial charge in [0.1, 0.15) is 12.1 Å². The molecular formula is C21H20F3N3O3. The Morgan fingerprint density at radius 3 is 2.37 bits per heavy atom. The third-order valence-electron chi connectivity index (χ3n) is 4.96. The molecule has 6 nitrogen and oxygen atoms in total. The van der Waals surface area contributed by atoms with Crippen molar-refractivity contribution in [2.45, 2.75) is 32.2 Å². The van der Waals surface area contributed by atoms with Crippen molar-refractivity contribution in [1.29, 1.82) is 0 Å². The number of halogens is 3. The Kier molecular flexibility index (Phi) is 5.82. The molecule has 0 radical (unpaired) electrons. The Morgan fingerprint density at radius 1 is 1.07 bits per heavy atom. The molecule has 1 fully saturated rings. The summed E-state index contributed by atoms with van der Waals surface area (Å²) in [4.78, 5) is 38.1. The number of carbonyl (C=O) groups excluding carboxylic acids is 3. The molecule has 2 aromatic carbocycles. The van der Waals surface area contributed by atoms with Crippen LogP contribution >= 0.6 is 0 Å². The SMILES string of the molecule is CCCc1ccc([C@@]2(C)NC(=O)N(CC(=O)Nc3ccc(F)c(F)c3F)C2=O)cc1. The molecule has 158 valence electrons. The van der Waals surface area contributed by atoms with Crippen LogP contribution < -0.4 is 10.6 Å². The first-order chi connectivity index (χ1) is 14.2. The Labute approximate surface area is 171 Å². The lowest BCUT2D eigenvalue weighted by Crippen LogP contribution is -2.42. The Bertz CT molecular complexity index is 1010. The first-order valence-corrected chi connectivity index (χ1v) is 9.34. The number of benzene rings is 2. The van der Waals surface area contributed by atoms with Crippen molar-refractivity contribution >= 4 is 23.5 Å². The Hall–Kier alpha value is -3.36. The molecule has 1 saturated heterocycles. The van der Waals surface area contributed by atoms with Crippen LogP contribution in [0.4, 0.5) is 23.7 Å². The van der Waals surface area contributed by atoms with Crippen molar-refractivity contribution in [3.05, 3.63) is 65.0 Å². The van der Waals surface area contributed by atoms with Crippen molar-refractivity contribution in [3.8, 4) is 0 Å².